The standard InChI is InChI=1S/C11H8F3NO/c1-7-15-6-10(16-7)8-4-2-3-5-9(8)11(12,13)14/h2-6H,1H3. The second kappa shape index (κ2) is 3.66. The zero-order valence-electron chi connectivity index (χ0n) is 8.38. The van der Waals surface area contributed by atoms with Crippen LogP contribution in [0.3, 0.4) is 0 Å². The minimum atomic E-state index is -4.39. The third kappa shape index (κ3) is 1.93. The van der Waals surface area contributed by atoms with E-state index in [0.29, 0.717) is 5.89 Å². The maximum absolute atomic E-state index is 12.7. The Labute approximate surface area is 89.7 Å². The van der Waals surface area contributed by atoms with Crippen LogP contribution < -0.4 is 0 Å². The maximum Gasteiger partial charge on any atom is 0.417 e. The average Bonchev–Trinajstić information content (AvgIpc) is 2.64. The van der Waals surface area contributed by atoms with Crippen LogP contribution >= 0.6 is 0 Å². The van der Waals surface area contributed by atoms with Crippen LogP contribution in [0.15, 0.2) is 34.9 Å². The van der Waals surface area contributed by atoms with Gasteiger partial charge in [0, 0.05) is 12.5 Å². The summed E-state index contributed by atoms with van der Waals surface area (Å²) in [6.45, 7) is 1.58. The second-order valence-corrected chi connectivity index (χ2v) is 3.29. The molecular weight excluding hydrogens is 219 g/mol. The van der Waals surface area contributed by atoms with Gasteiger partial charge in [-0.05, 0) is 6.07 Å². The average molecular weight is 227 g/mol. The normalized spacial score (nSPS) is 11.8. The quantitative estimate of drug-likeness (QED) is 0.742. The molecule has 0 atom stereocenters. The molecule has 0 unspecified atom stereocenters. The van der Waals surface area contributed by atoms with Gasteiger partial charge in [0.15, 0.2) is 11.7 Å². The summed E-state index contributed by atoms with van der Waals surface area (Å²) in [5.41, 5.74) is -0.707. The van der Waals surface area contributed by atoms with Gasteiger partial charge in [0.05, 0.1) is 11.8 Å². The largest absolute Gasteiger partial charge is 0.441 e. The maximum atomic E-state index is 12.7. The number of rotatable bonds is 1. The van der Waals surface area contributed by atoms with Gasteiger partial charge >= 0.3 is 6.18 Å². The summed E-state index contributed by atoms with van der Waals surface area (Å²) >= 11 is 0. The van der Waals surface area contributed by atoms with E-state index in [1.807, 2.05) is 0 Å². The predicted molar refractivity (Wildman–Crippen MR) is 51.7 cm³/mol. The highest BCUT2D eigenvalue weighted by molar-refractivity contribution is 5.62. The smallest absolute Gasteiger partial charge is 0.417 e. The molecule has 0 saturated heterocycles. The number of alkyl halides is 3. The summed E-state index contributed by atoms with van der Waals surface area (Å²) in [6, 6.07) is 5.26. The Morgan fingerprint density at radius 3 is 2.44 bits per heavy atom. The van der Waals surface area contributed by atoms with E-state index in [-0.39, 0.29) is 11.3 Å². The van der Waals surface area contributed by atoms with Gasteiger partial charge in [0.1, 0.15) is 0 Å². The van der Waals surface area contributed by atoms with Crippen molar-refractivity contribution >= 4 is 0 Å². The van der Waals surface area contributed by atoms with Crippen LogP contribution in [0, 0.1) is 6.92 Å². The first-order valence-corrected chi connectivity index (χ1v) is 4.57. The molecule has 16 heavy (non-hydrogen) atoms. The second-order valence-electron chi connectivity index (χ2n) is 3.29. The summed E-state index contributed by atoms with van der Waals surface area (Å²) < 4.78 is 43.1. The number of hydrogen-bond acceptors (Lipinski definition) is 2. The van der Waals surface area contributed by atoms with Gasteiger partial charge in [-0.1, -0.05) is 18.2 Å². The molecule has 0 amide bonds. The van der Waals surface area contributed by atoms with Crippen LogP contribution in [0.5, 0.6) is 0 Å². The Morgan fingerprint density at radius 2 is 1.88 bits per heavy atom. The molecule has 2 rings (SSSR count). The molecule has 1 heterocycles. The highest BCUT2D eigenvalue weighted by Gasteiger charge is 2.34. The van der Waals surface area contributed by atoms with Gasteiger partial charge in [0.25, 0.3) is 0 Å². The number of oxazole rings is 1. The van der Waals surface area contributed by atoms with Crippen molar-refractivity contribution in [1.29, 1.82) is 0 Å². The van der Waals surface area contributed by atoms with Gasteiger partial charge in [-0.25, -0.2) is 4.98 Å². The molecule has 0 aliphatic heterocycles. The minimum Gasteiger partial charge on any atom is -0.441 e. The fourth-order valence-corrected chi connectivity index (χ4v) is 1.43. The molecule has 5 heteroatoms. The van der Waals surface area contributed by atoms with Crippen molar-refractivity contribution < 1.29 is 17.6 Å². The predicted octanol–water partition coefficient (Wildman–Crippen LogP) is 3.67. The van der Waals surface area contributed by atoms with E-state index >= 15 is 0 Å². The van der Waals surface area contributed by atoms with Crippen molar-refractivity contribution in [2.45, 2.75) is 13.1 Å². The van der Waals surface area contributed by atoms with Crippen LogP contribution in [-0.2, 0) is 6.18 Å². The molecule has 0 N–H and O–H groups in total. The number of hydrogen-bond donors (Lipinski definition) is 0. The van der Waals surface area contributed by atoms with E-state index < -0.39 is 11.7 Å². The van der Waals surface area contributed by atoms with Crippen LogP contribution in [0.2, 0.25) is 0 Å². The van der Waals surface area contributed by atoms with E-state index in [4.69, 9.17) is 4.42 Å². The first-order chi connectivity index (χ1) is 7.48. The van der Waals surface area contributed by atoms with E-state index in [2.05, 4.69) is 4.98 Å². The number of aromatic nitrogens is 1. The van der Waals surface area contributed by atoms with Gasteiger partial charge in [-0.2, -0.15) is 13.2 Å². The SMILES string of the molecule is Cc1ncc(-c2ccccc2C(F)(F)F)o1. The summed E-state index contributed by atoms with van der Waals surface area (Å²) in [7, 11) is 0. The van der Waals surface area contributed by atoms with Gasteiger partial charge < -0.3 is 4.42 Å². The molecule has 0 spiro atoms. The van der Waals surface area contributed by atoms with Crippen LogP contribution in [0.1, 0.15) is 11.5 Å². The summed E-state index contributed by atoms with van der Waals surface area (Å²) in [5, 5.41) is 0. The van der Waals surface area contributed by atoms with Gasteiger partial charge in [0.2, 0.25) is 0 Å². The Morgan fingerprint density at radius 1 is 1.19 bits per heavy atom. The van der Waals surface area contributed by atoms with Crippen molar-refractivity contribution in [3.63, 3.8) is 0 Å². The lowest BCUT2D eigenvalue weighted by atomic mass is 10.1. The lowest BCUT2D eigenvalue weighted by Crippen LogP contribution is -2.06. The third-order valence-electron chi connectivity index (χ3n) is 2.12. The summed E-state index contributed by atoms with van der Waals surface area (Å²) in [5.74, 6) is 0.470. The van der Waals surface area contributed by atoms with Crippen molar-refractivity contribution in [2.24, 2.45) is 0 Å². The van der Waals surface area contributed by atoms with Crippen molar-refractivity contribution in [3.8, 4) is 11.3 Å². The molecule has 0 saturated carbocycles. The van der Waals surface area contributed by atoms with Crippen LogP contribution in [-0.4, -0.2) is 4.98 Å². The fourth-order valence-electron chi connectivity index (χ4n) is 1.43. The molecule has 1 aromatic carbocycles. The lowest BCUT2D eigenvalue weighted by molar-refractivity contribution is -0.137. The van der Waals surface area contributed by atoms with Crippen molar-refractivity contribution in [3.05, 3.63) is 41.9 Å². The molecule has 0 aliphatic rings. The number of benzene rings is 1. The Hall–Kier alpha value is -1.78. The zero-order valence-corrected chi connectivity index (χ0v) is 8.38. The zero-order chi connectivity index (χ0) is 11.8. The van der Waals surface area contributed by atoms with Gasteiger partial charge in [-0.15, -0.1) is 0 Å². The lowest BCUT2D eigenvalue weighted by Gasteiger charge is -2.10. The minimum absolute atomic E-state index is 0.00981. The monoisotopic (exact) mass is 227 g/mol. The third-order valence-corrected chi connectivity index (χ3v) is 2.12. The number of halogens is 3. The van der Waals surface area contributed by atoms with E-state index in [1.165, 1.54) is 24.4 Å². The molecule has 0 bridgehead atoms. The first kappa shape index (κ1) is 10.7. The van der Waals surface area contributed by atoms with Crippen LogP contribution in [0.25, 0.3) is 11.3 Å². The first-order valence-electron chi connectivity index (χ1n) is 4.57. The number of nitrogens with zero attached hydrogens (tertiary/aromatic N) is 1. The molecule has 0 fully saturated rings. The topological polar surface area (TPSA) is 26.0 Å². The van der Waals surface area contributed by atoms with Crippen molar-refractivity contribution in [2.75, 3.05) is 0 Å². The Balaban J connectivity index is 2.57. The molecule has 2 aromatic rings. The number of aryl methyl sites for hydroxylation is 1. The van der Waals surface area contributed by atoms with E-state index in [1.54, 1.807) is 6.92 Å². The highest BCUT2D eigenvalue weighted by Crippen LogP contribution is 2.36. The Bertz CT molecular complexity index is 502. The molecule has 1 aromatic heterocycles. The highest BCUT2D eigenvalue weighted by atomic mass is 19.4. The fraction of sp³-hybridized carbons (Fsp3) is 0.182. The molecular formula is C11H8F3NO. The van der Waals surface area contributed by atoms with Crippen LogP contribution in [0.4, 0.5) is 13.2 Å². The summed E-state index contributed by atoms with van der Waals surface area (Å²) in [6.07, 6.45) is -3.10. The molecule has 2 nitrogen and oxygen atoms in total. The van der Waals surface area contributed by atoms with Crippen molar-refractivity contribution in [1.82, 2.24) is 4.98 Å². The molecule has 0 aliphatic carbocycles. The molecule has 84 valence electrons. The Kier molecular flexibility index (Phi) is 2.46. The van der Waals surface area contributed by atoms with Gasteiger partial charge in [-0.3, -0.25) is 0 Å². The molecule has 0 radical (unpaired) electrons. The van der Waals surface area contributed by atoms with E-state index in [0.717, 1.165) is 6.07 Å². The summed E-state index contributed by atoms with van der Waals surface area (Å²) in [4.78, 5) is 3.78. The van der Waals surface area contributed by atoms with E-state index in [9.17, 15) is 13.2 Å².